The van der Waals surface area contributed by atoms with Gasteiger partial charge < -0.3 is 21.5 Å². The minimum Gasteiger partial charge on any atom is -0.465 e. The quantitative estimate of drug-likeness (QED) is 0.342. The Morgan fingerprint density at radius 1 is 1.08 bits per heavy atom. The van der Waals surface area contributed by atoms with Crippen LogP contribution in [-0.4, -0.2) is 41.2 Å². The molecule has 1 atom stereocenters. The highest BCUT2D eigenvalue weighted by molar-refractivity contribution is 7.09. The van der Waals surface area contributed by atoms with E-state index < -0.39 is 42.1 Å². The summed E-state index contributed by atoms with van der Waals surface area (Å²) in [5.41, 5.74) is 12.4. The Kier molecular flexibility index (Phi) is 8.90. The average Bonchev–Trinajstić information content (AvgIpc) is 3.28. The molecule has 0 fully saturated rings. The molecule has 0 aliphatic rings. The number of nitrogens with two attached hydrogens (primary N) is 2. The van der Waals surface area contributed by atoms with E-state index >= 15 is 0 Å². The molecule has 0 spiro atoms. The summed E-state index contributed by atoms with van der Waals surface area (Å²) in [4.78, 5) is 52.0. The van der Waals surface area contributed by atoms with Crippen LogP contribution >= 0.6 is 11.5 Å². The van der Waals surface area contributed by atoms with E-state index in [0.717, 1.165) is 29.0 Å². The first-order chi connectivity index (χ1) is 17.7. The third-order valence-electron chi connectivity index (χ3n) is 5.40. The molecule has 37 heavy (non-hydrogen) atoms. The smallest absolute Gasteiger partial charge is 0.325 e. The molecule has 3 rings (SSSR count). The number of aryl methyl sites for hydroxylation is 1. The number of aromatic nitrogens is 1. The lowest BCUT2D eigenvalue weighted by Crippen LogP contribution is -2.45. The summed E-state index contributed by atoms with van der Waals surface area (Å²) >= 11 is 0.662. The van der Waals surface area contributed by atoms with Crippen molar-refractivity contribution in [1.29, 1.82) is 0 Å². The molecule has 0 bridgehead atoms. The molecule has 0 aliphatic carbocycles. The Morgan fingerprint density at radius 3 is 2.27 bits per heavy atom. The molecule has 0 radical (unpaired) electrons. The first-order valence-electron chi connectivity index (χ1n) is 11.3. The van der Waals surface area contributed by atoms with Gasteiger partial charge in [-0.15, -0.1) is 0 Å². The van der Waals surface area contributed by atoms with Crippen LogP contribution in [-0.2, 0) is 20.7 Å². The Bertz CT molecular complexity index is 1290. The van der Waals surface area contributed by atoms with E-state index in [1.165, 1.54) is 12.1 Å². The summed E-state index contributed by atoms with van der Waals surface area (Å²) in [6.45, 7) is 3.26. The zero-order valence-corrected chi connectivity index (χ0v) is 21.0. The van der Waals surface area contributed by atoms with Crippen molar-refractivity contribution in [2.75, 3.05) is 23.8 Å². The fraction of sp³-hybridized carbons (Fsp3) is 0.240. The number of ether oxygens (including phenoxy) is 1. The van der Waals surface area contributed by atoms with Crippen molar-refractivity contribution in [3.63, 3.8) is 0 Å². The molecule has 1 heterocycles. The number of halogens is 1. The van der Waals surface area contributed by atoms with E-state index in [9.17, 15) is 23.6 Å². The highest BCUT2D eigenvalue weighted by Crippen LogP contribution is 2.33. The molecule has 5 N–H and O–H groups in total. The van der Waals surface area contributed by atoms with Crippen LogP contribution in [0.2, 0.25) is 0 Å². The van der Waals surface area contributed by atoms with Crippen LogP contribution in [0, 0.1) is 5.82 Å². The van der Waals surface area contributed by atoms with Crippen LogP contribution in [0.1, 0.15) is 51.2 Å². The zero-order valence-electron chi connectivity index (χ0n) is 20.2. The summed E-state index contributed by atoms with van der Waals surface area (Å²) < 4.78 is 22.5. The number of carbonyl (C=O) groups excluding carboxylic acids is 4. The standard InChI is InChI=1S/C25H26FN5O5S/c1-3-14-5-11-17(12-6-14)31(25(35)22-19(27)20(23(28)33)30-37-22)21(15-7-9-16(26)10-8-15)24(34)29-13-18(32)36-4-2/h5-12,21H,3-4,13,27H2,1-2H3,(H2,28,33)(H,29,34). The summed E-state index contributed by atoms with van der Waals surface area (Å²) in [5, 5.41) is 2.48. The predicted octanol–water partition coefficient (Wildman–Crippen LogP) is 2.59. The van der Waals surface area contributed by atoms with E-state index in [1.54, 1.807) is 31.2 Å². The Morgan fingerprint density at radius 2 is 1.73 bits per heavy atom. The second-order valence-corrected chi connectivity index (χ2v) is 8.58. The van der Waals surface area contributed by atoms with Gasteiger partial charge in [0.15, 0.2) is 5.69 Å². The number of hydrogen-bond acceptors (Lipinski definition) is 8. The lowest BCUT2D eigenvalue weighted by atomic mass is 10.0. The van der Waals surface area contributed by atoms with Gasteiger partial charge in [0.25, 0.3) is 11.8 Å². The van der Waals surface area contributed by atoms with Gasteiger partial charge in [-0.25, -0.2) is 4.39 Å². The number of nitrogen functional groups attached to an aromatic ring is 1. The number of amides is 3. The Hall–Kier alpha value is -4.32. The second kappa shape index (κ2) is 12.1. The van der Waals surface area contributed by atoms with Crippen LogP contribution in [0.4, 0.5) is 15.8 Å². The SMILES string of the molecule is CCOC(=O)CNC(=O)C(c1ccc(F)cc1)N(C(=O)c1snc(C(N)=O)c1N)c1ccc(CC)cc1. The summed E-state index contributed by atoms with van der Waals surface area (Å²) in [7, 11) is 0. The number of nitrogens with one attached hydrogen (secondary N) is 1. The van der Waals surface area contributed by atoms with Crippen molar-refractivity contribution in [1.82, 2.24) is 9.69 Å². The topological polar surface area (TPSA) is 158 Å². The molecule has 3 amide bonds. The summed E-state index contributed by atoms with van der Waals surface area (Å²) in [6.07, 6.45) is 0.736. The number of hydrogen-bond donors (Lipinski definition) is 3. The number of carbonyl (C=O) groups is 4. The summed E-state index contributed by atoms with van der Waals surface area (Å²) in [6, 6.07) is 10.5. The van der Waals surface area contributed by atoms with Gasteiger partial charge in [-0.05, 0) is 60.3 Å². The monoisotopic (exact) mass is 527 g/mol. The summed E-state index contributed by atoms with van der Waals surface area (Å²) in [5.74, 6) is -3.60. The molecule has 12 heteroatoms. The van der Waals surface area contributed by atoms with Gasteiger partial charge in [-0.2, -0.15) is 4.37 Å². The number of benzene rings is 2. The maximum absolute atomic E-state index is 13.9. The number of anilines is 2. The molecular formula is C25H26FN5O5S. The maximum Gasteiger partial charge on any atom is 0.325 e. The van der Waals surface area contributed by atoms with Gasteiger partial charge in [0.2, 0.25) is 5.91 Å². The molecule has 2 aromatic carbocycles. The number of esters is 1. The van der Waals surface area contributed by atoms with Crippen molar-refractivity contribution in [2.24, 2.45) is 5.73 Å². The van der Waals surface area contributed by atoms with E-state index in [2.05, 4.69) is 9.69 Å². The molecule has 10 nitrogen and oxygen atoms in total. The first kappa shape index (κ1) is 27.3. The largest absolute Gasteiger partial charge is 0.465 e. The van der Waals surface area contributed by atoms with Crippen molar-refractivity contribution < 1.29 is 28.3 Å². The van der Waals surface area contributed by atoms with Crippen LogP contribution in [0.25, 0.3) is 0 Å². The molecular weight excluding hydrogens is 501 g/mol. The Balaban J connectivity index is 2.15. The van der Waals surface area contributed by atoms with Crippen molar-refractivity contribution in [2.45, 2.75) is 26.3 Å². The molecule has 3 aromatic rings. The minimum absolute atomic E-state index is 0.112. The lowest BCUT2D eigenvalue weighted by Gasteiger charge is -2.31. The highest BCUT2D eigenvalue weighted by atomic mass is 32.1. The lowest BCUT2D eigenvalue weighted by molar-refractivity contribution is -0.143. The van der Waals surface area contributed by atoms with E-state index in [1.807, 2.05) is 6.92 Å². The van der Waals surface area contributed by atoms with Crippen molar-refractivity contribution >= 4 is 46.6 Å². The minimum atomic E-state index is -1.35. The van der Waals surface area contributed by atoms with Gasteiger partial charge >= 0.3 is 5.97 Å². The highest BCUT2D eigenvalue weighted by Gasteiger charge is 2.36. The molecule has 194 valence electrons. The Labute approximate surface area is 216 Å². The van der Waals surface area contributed by atoms with Gasteiger partial charge in [0.1, 0.15) is 23.3 Å². The number of rotatable bonds is 10. The molecule has 0 saturated heterocycles. The van der Waals surface area contributed by atoms with Gasteiger partial charge in [-0.3, -0.25) is 24.1 Å². The van der Waals surface area contributed by atoms with Crippen LogP contribution in [0.15, 0.2) is 48.5 Å². The fourth-order valence-corrected chi connectivity index (χ4v) is 4.29. The fourth-order valence-electron chi connectivity index (χ4n) is 3.55. The maximum atomic E-state index is 13.9. The zero-order chi connectivity index (χ0) is 27.1. The van der Waals surface area contributed by atoms with E-state index in [4.69, 9.17) is 16.2 Å². The third kappa shape index (κ3) is 6.28. The van der Waals surface area contributed by atoms with Crippen molar-refractivity contribution in [3.8, 4) is 0 Å². The average molecular weight is 528 g/mol. The number of nitrogens with zero attached hydrogens (tertiary/aromatic N) is 2. The third-order valence-corrected chi connectivity index (χ3v) is 6.25. The van der Waals surface area contributed by atoms with Crippen LogP contribution < -0.4 is 21.7 Å². The van der Waals surface area contributed by atoms with Gasteiger partial charge in [-0.1, -0.05) is 31.2 Å². The van der Waals surface area contributed by atoms with Crippen molar-refractivity contribution in [3.05, 3.63) is 76.0 Å². The number of primary amides is 1. The molecule has 0 saturated carbocycles. The molecule has 1 unspecified atom stereocenters. The second-order valence-electron chi connectivity index (χ2n) is 7.81. The van der Waals surface area contributed by atoms with Crippen LogP contribution in [0.5, 0.6) is 0 Å². The van der Waals surface area contributed by atoms with Crippen LogP contribution in [0.3, 0.4) is 0 Å². The van der Waals surface area contributed by atoms with Gasteiger partial charge in [0, 0.05) is 5.69 Å². The first-order valence-corrected chi connectivity index (χ1v) is 12.1. The van der Waals surface area contributed by atoms with E-state index in [-0.39, 0.29) is 28.4 Å². The predicted molar refractivity (Wildman–Crippen MR) is 136 cm³/mol. The normalized spacial score (nSPS) is 11.4. The van der Waals surface area contributed by atoms with Gasteiger partial charge in [0.05, 0.1) is 12.3 Å². The molecule has 0 aliphatic heterocycles. The van der Waals surface area contributed by atoms with E-state index in [0.29, 0.717) is 17.2 Å². The molecule has 1 aromatic heterocycles.